The average Bonchev–Trinajstić information content (AvgIpc) is 2.27. The van der Waals surface area contributed by atoms with Crippen LogP contribution in [0.4, 0.5) is 0 Å². The number of hydrogen-bond donors (Lipinski definition) is 1. The van der Waals surface area contributed by atoms with E-state index in [0.717, 1.165) is 0 Å². The molecule has 1 rings (SSSR count). The molecule has 0 aromatic heterocycles. The second-order valence-electron chi connectivity index (χ2n) is 3.80. The van der Waals surface area contributed by atoms with E-state index in [1.165, 1.54) is 19.2 Å². The largest absolute Gasteiger partial charge is 0.494 e. The zero-order chi connectivity index (χ0) is 14.6. The first-order valence-corrected chi connectivity index (χ1v) is 7.89. The summed E-state index contributed by atoms with van der Waals surface area (Å²) in [6, 6.07) is 4.23. The molecule has 5 nitrogen and oxygen atoms in total. The van der Waals surface area contributed by atoms with Crippen molar-refractivity contribution in [2.75, 3.05) is 7.11 Å². The highest BCUT2D eigenvalue weighted by Gasteiger charge is 2.24. The van der Waals surface area contributed by atoms with Gasteiger partial charge in [-0.05, 0) is 35.0 Å². The maximum Gasteiger partial charge on any atom is 0.244 e. The molecule has 1 aromatic carbocycles. The Labute approximate surface area is 125 Å². The van der Waals surface area contributed by atoms with Crippen molar-refractivity contribution in [2.24, 2.45) is 0 Å². The van der Waals surface area contributed by atoms with Crippen molar-refractivity contribution < 1.29 is 13.2 Å². The lowest BCUT2D eigenvalue weighted by Crippen LogP contribution is -2.32. The van der Waals surface area contributed by atoms with Crippen molar-refractivity contribution in [3.63, 3.8) is 0 Å². The van der Waals surface area contributed by atoms with Gasteiger partial charge in [-0.1, -0.05) is 11.6 Å². The normalized spacial score (nSPS) is 12.8. The molecule has 1 N–H and O–H groups in total. The van der Waals surface area contributed by atoms with Crippen molar-refractivity contribution in [1.82, 2.24) is 4.72 Å². The number of nitrogens with zero attached hydrogens (tertiary/aromatic N) is 1. The van der Waals surface area contributed by atoms with Gasteiger partial charge in [0.1, 0.15) is 4.90 Å². The summed E-state index contributed by atoms with van der Waals surface area (Å²) in [5.41, 5.74) is 0. The van der Waals surface area contributed by atoms with Crippen molar-refractivity contribution in [3.8, 4) is 11.8 Å². The van der Waals surface area contributed by atoms with Gasteiger partial charge in [-0.3, -0.25) is 0 Å². The van der Waals surface area contributed by atoms with Crippen LogP contribution in [0.1, 0.15) is 13.3 Å². The zero-order valence-corrected chi connectivity index (χ0v) is 13.4. The Morgan fingerprint density at radius 3 is 2.74 bits per heavy atom. The van der Waals surface area contributed by atoms with Gasteiger partial charge in [0, 0.05) is 11.1 Å². The molecule has 0 fully saturated rings. The van der Waals surface area contributed by atoms with Crippen molar-refractivity contribution >= 4 is 37.6 Å². The maximum atomic E-state index is 12.2. The molecule has 0 aliphatic heterocycles. The fraction of sp³-hybridized carbons (Fsp3) is 0.364. The van der Waals surface area contributed by atoms with Crippen LogP contribution < -0.4 is 9.46 Å². The van der Waals surface area contributed by atoms with Crippen LogP contribution in [0.3, 0.4) is 0 Å². The Morgan fingerprint density at radius 2 is 2.21 bits per heavy atom. The molecule has 1 aromatic rings. The molecule has 0 radical (unpaired) electrons. The molecule has 0 unspecified atom stereocenters. The third-order valence-electron chi connectivity index (χ3n) is 2.22. The van der Waals surface area contributed by atoms with Gasteiger partial charge >= 0.3 is 0 Å². The molecule has 0 spiro atoms. The van der Waals surface area contributed by atoms with Gasteiger partial charge < -0.3 is 4.74 Å². The lowest BCUT2D eigenvalue weighted by Gasteiger charge is -2.15. The Morgan fingerprint density at radius 1 is 1.58 bits per heavy atom. The van der Waals surface area contributed by atoms with Gasteiger partial charge in [0.05, 0.1) is 24.1 Å². The van der Waals surface area contributed by atoms with Crippen LogP contribution in [0.25, 0.3) is 0 Å². The summed E-state index contributed by atoms with van der Waals surface area (Å²) < 4.78 is 32.3. The number of benzene rings is 1. The van der Waals surface area contributed by atoms with E-state index in [-0.39, 0.29) is 22.1 Å². The van der Waals surface area contributed by atoms with E-state index in [1.807, 2.05) is 6.07 Å². The summed E-state index contributed by atoms with van der Waals surface area (Å²) in [6.45, 7) is 1.60. The number of rotatable bonds is 5. The number of halogens is 2. The molecule has 0 aliphatic carbocycles. The van der Waals surface area contributed by atoms with E-state index >= 15 is 0 Å². The monoisotopic (exact) mass is 366 g/mol. The highest BCUT2D eigenvalue weighted by Crippen LogP contribution is 2.35. The minimum Gasteiger partial charge on any atom is -0.494 e. The highest BCUT2D eigenvalue weighted by molar-refractivity contribution is 9.10. The van der Waals surface area contributed by atoms with Crippen molar-refractivity contribution in [2.45, 2.75) is 24.3 Å². The molecule has 1 atom stereocenters. The fourth-order valence-electron chi connectivity index (χ4n) is 1.44. The second-order valence-corrected chi connectivity index (χ2v) is 6.78. The molecule has 0 heterocycles. The quantitative estimate of drug-likeness (QED) is 0.868. The Balaban J connectivity index is 3.25. The molecule has 0 saturated heterocycles. The standard InChI is InChI=1S/C11H12BrClN2O3S/c1-7(3-4-14)15-19(16,17)10-6-8(13)5-9(12)11(10)18-2/h5-7,15H,3H2,1-2H3/t7-/m1/s1. The molecule has 0 bridgehead atoms. The number of ether oxygens (including phenoxy) is 1. The van der Waals surface area contributed by atoms with Crippen molar-refractivity contribution in [3.05, 3.63) is 21.6 Å². The van der Waals surface area contributed by atoms with Crippen LogP contribution in [-0.2, 0) is 10.0 Å². The zero-order valence-electron chi connectivity index (χ0n) is 10.3. The summed E-state index contributed by atoms with van der Waals surface area (Å²) in [5.74, 6) is 0.168. The van der Waals surface area contributed by atoms with Gasteiger partial charge in [-0.25, -0.2) is 13.1 Å². The van der Waals surface area contributed by atoms with Gasteiger partial charge in [0.15, 0.2) is 5.75 Å². The molecule has 104 valence electrons. The Bertz CT molecular complexity index is 613. The summed E-state index contributed by atoms with van der Waals surface area (Å²) in [7, 11) is -2.44. The topological polar surface area (TPSA) is 79.2 Å². The van der Waals surface area contributed by atoms with Crippen LogP contribution in [0, 0.1) is 11.3 Å². The van der Waals surface area contributed by atoms with Gasteiger partial charge in [-0.2, -0.15) is 5.26 Å². The summed E-state index contributed by atoms with van der Waals surface area (Å²) in [4.78, 5) is -0.0702. The van der Waals surface area contributed by atoms with E-state index in [0.29, 0.717) is 4.47 Å². The van der Waals surface area contributed by atoms with Crippen LogP contribution >= 0.6 is 27.5 Å². The van der Waals surface area contributed by atoms with E-state index in [9.17, 15) is 8.42 Å². The van der Waals surface area contributed by atoms with Crippen molar-refractivity contribution in [1.29, 1.82) is 5.26 Å². The molecule has 0 saturated carbocycles. The van der Waals surface area contributed by atoms with E-state index in [4.69, 9.17) is 21.6 Å². The molecule has 19 heavy (non-hydrogen) atoms. The lowest BCUT2D eigenvalue weighted by molar-refractivity contribution is 0.399. The van der Waals surface area contributed by atoms with E-state index in [1.54, 1.807) is 6.92 Å². The number of methoxy groups -OCH3 is 1. The molecular formula is C11H12BrClN2O3S. The number of nitriles is 1. The number of hydrogen-bond acceptors (Lipinski definition) is 4. The highest BCUT2D eigenvalue weighted by atomic mass is 79.9. The third kappa shape index (κ3) is 4.08. The van der Waals surface area contributed by atoms with Crippen LogP contribution in [0.15, 0.2) is 21.5 Å². The summed E-state index contributed by atoms with van der Waals surface area (Å²) in [5, 5.41) is 8.82. The van der Waals surface area contributed by atoms with Gasteiger partial charge in [-0.15, -0.1) is 0 Å². The van der Waals surface area contributed by atoms with Crippen LogP contribution in [0.2, 0.25) is 5.02 Å². The third-order valence-corrected chi connectivity index (χ3v) is 4.62. The van der Waals surface area contributed by atoms with E-state index in [2.05, 4.69) is 20.7 Å². The number of nitrogens with one attached hydrogen (secondary N) is 1. The van der Waals surface area contributed by atoms with Crippen LogP contribution in [0.5, 0.6) is 5.75 Å². The summed E-state index contributed by atoms with van der Waals surface area (Å²) >= 11 is 9.05. The minimum atomic E-state index is -3.81. The van der Waals surface area contributed by atoms with Crippen LogP contribution in [-0.4, -0.2) is 21.6 Å². The first-order valence-electron chi connectivity index (χ1n) is 5.24. The first-order chi connectivity index (χ1) is 8.81. The SMILES string of the molecule is COc1c(Br)cc(Cl)cc1S(=O)(=O)N[C@H](C)CC#N. The predicted molar refractivity (Wildman–Crippen MR) is 75.7 cm³/mol. The van der Waals surface area contributed by atoms with Gasteiger partial charge in [0.25, 0.3) is 0 Å². The summed E-state index contributed by atoms with van der Waals surface area (Å²) in [6.07, 6.45) is 0.0727. The maximum absolute atomic E-state index is 12.2. The molecule has 0 amide bonds. The Kier molecular flexibility index (Phi) is 5.62. The fourth-order valence-corrected chi connectivity index (χ4v) is 4.07. The van der Waals surface area contributed by atoms with E-state index < -0.39 is 16.1 Å². The molecular weight excluding hydrogens is 356 g/mol. The minimum absolute atomic E-state index is 0.0702. The number of sulfonamides is 1. The van der Waals surface area contributed by atoms with Gasteiger partial charge in [0.2, 0.25) is 10.0 Å². The first kappa shape index (κ1) is 16.2. The second kappa shape index (κ2) is 6.57. The molecule has 0 aliphatic rings. The smallest absolute Gasteiger partial charge is 0.244 e. The predicted octanol–water partition coefficient (Wildman–Crippen LogP) is 2.69. The Hall–Kier alpha value is -0.810. The lowest BCUT2D eigenvalue weighted by atomic mass is 10.3. The molecule has 8 heteroatoms. The average molecular weight is 368 g/mol.